The monoisotopic (exact) mass is 178 g/mol. The molecule has 0 aliphatic carbocycles. The maximum Gasteiger partial charge on any atom is 0.106 e. The van der Waals surface area contributed by atoms with Crippen LogP contribution in [0.25, 0.3) is 0 Å². The molecule has 0 radical (unpaired) electrons. The third-order valence-corrected chi connectivity index (χ3v) is 2.53. The maximum absolute atomic E-state index is 9.16. The van der Waals surface area contributed by atoms with Crippen molar-refractivity contribution in [2.45, 2.75) is 31.8 Å². The summed E-state index contributed by atoms with van der Waals surface area (Å²) in [5.74, 6) is 0. The zero-order chi connectivity index (χ0) is 8.27. The second kappa shape index (κ2) is 4.27. The van der Waals surface area contributed by atoms with Gasteiger partial charge in [-0.2, -0.15) is 0 Å². The van der Waals surface area contributed by atoms with E-state index < -0.39 is 0 Å². The molecule has 1 saturated heterocycles. The summed E-state index contributed by atoms with van der Waals surface area (Å²) >= 11 is 0.384. The molecule has 0 aromatic carbocycles. The van der Waals surface area contributed by atoms with Crippen molar-refractivity contribution in [3.8, 4) is 0 Å². The van der Waals surface area contributed by atoms with Crippen LogP contribution in [0, 0.1) is 0 Å². The van der Waals surface area contributed by atoms with Crippen LogP contribution in [-0.4, -0.2) is 32.9 Å². The highest BCUT2D eigenvalue weighted by Crippen LogP contribution is 2.18. The van der Waals surface area contributed by atoms with E-state index in [9.17, 15) is 0 Å². The van der Waals surface area contributed by atoms with Crippen LogP contribution in [0.3, 0.4) is 0 Å². The van der Waals surface area contributed by atoms with Gasteiger partial charge in [0.2, 0.25) is 0 Å². The highest BCUT2D eigenvalue weighted by molar-refractivity contribution is 7.91. The highest BCUT2D eigenvalue weighted by atomic mass is 32.2. The number of hydrogen-bond acceptors (Lipinski definition) is 5. The number of nitrogens with one attached hydrogen (secondary N) is 1. The predicted molar refractivity (Wildman–Crippen MR) is 44.3 cm³/mol. The molecule has 2 unspecified atom stereocenters. The molecule has 1 aliphatic heterocycles. The van der Waals surface area contributed by atoms with Gasteiger partial charge in [0.05, 0.1) is 6.04 Å². The Bertz CT molecular complexity index is 121. The van der Waals surface area contributed by atoms with E-state index in [1.54, 1.807) is 0 Å². The minimum absolute atomic E-state index is 0.0266. The first-order valence-electron chi connectivity index (χ1n) is 3.78. The molecule has 1 fully saturated rings. The average Bonchev–Trinajstić information content (AvgIpc) is 2.04. The van der Waals surface area contributed by atoms with Crippen LogP contribution in [-0.2, 0) is 0 Å². The van der Waals surface area contributed by atoms with Gasteiger partial charge >= 0.3 is 0 Å². The standard InChI is InChI=1S/C6H14N2O2S/c1-5-6(8(9)11-10)3-2-4-7-5/h5-7,9-10H,2-4H2,1H3. The number of nitrogens with zero attached hydrogens (tertiary/aromatic N) is 1. The van der Waals surface area contributed by atoms with E-state index in [4.69, 9.17) is 9.76 Å². The van der Waals surface area contributed by atoms with Crippen LogP contribution in [0.4, 0.5) is 0 Å². The van der Waals surface area contributed by atoms with Gasteiger partial charge in [-0.15, -0.1) is 4.47 Å². The van der Waals surface area contributed by atoms with Gasteiger partial charge in [-0.05, 0) is 26.3 Å². The van der Waals surface area contributed by atoms with Crippen LogP contribution in [0.2, 0.25) is 0 Å². The zero-order valence-electron chi connectivity index (χ0n) is 6.53. The first-order valence-corrected chi connectivity index (χ1v) is 4.51. The van der Waals surface area contributed by atoms with E-state index in [1.165, 1.54) is 0 Å². The lowest BCUT2D eigenvalue weighted by Crippen LogP contribution is -2.48. The van der Waals surface area contributed by atoms with E-state index in [0.29, 0.717) is 12.2 Å². The second-order valence-electron chi connectivity index (χ2n) is 2.84. The maximum atomic E-state index is 9.16. The van der Waals surface area contributed by atoms with Crippen LogP contribution in [0.5, 0.6) is 0 Å². The smallest absolute Gasteiger partial charge is 0.106 e. The fourth-order valence-corrected chi connectivity index (χ4v) is 1.80. The Morgan fingerprint density at radius 2 is 2.36 bits per heavy atom. The molecule has 0 bridgehead atoms. The van der Waals surface area contributed by atoms with Gasteiger partial charge in [-0.25, -0.2) is 0 Å². The molecular formula is C6H14N2O2S. The van der Waals surface area contributed by atoms with Crippen LogP contribution < -0.4 is 5.32 Å². The second-order valence-corrected chi connectivity index (χ2v) is 3.37. The van der Waals surface area contributed by atoms with E-state index in [-0.39, 0.29) is 12.1 Å². The normalized spacial score (nSPS) is 32.7. The van der Waals surface area contributed by atoms with E-state index in [1.807, 2.05) is 6.92 Å². The molecule has 1 rings (SSSR count). The number of hydroxylamine groups is 1. The lowest BCUT2D eigenvalue weighted by Gasteiger charge is -2.32. The first-order chi connectivity index (χ1) is 5.25. The zero-order valence-corrected chi connectivity index (χ0v) is 7.34. The first kappa shape index (κ1) is 9.28. The summed E-state index contributed by atoms with van der Waals surface area (Å²) < 4.78 is 9.48. The Morgan fingerprint density at radius 3 is 2.91 bits per heavy atom. The summed E-state index contributed by atoms with van der Waals surface area (Å²) in [6, 6.07) is 0.271. The van der Waals surface area contributed by atoms with E-state index >= 15 is 0 Å². The molecule has 3 N–H and O–H groups in total. The Balaban J connectivity index is 2.40. The van der Waals surface area contributed by atoms with Gasteiger partial charge in [-0.1, -0.05) is 0 Å². The summed E-state index contributed by atoms with van der Waals surface area (Å²) in [6.07, 6.45) is 1.98. The van der Waals surface area contributed by atoms with Crippen molar-refractivity contribution in [1.82, 2.24) is 9.79 Å². The van der Waals surface area contributed by atoms with Crippen molar-refractivity contribution < 1.29 is 9.76 Å². The van der Waals surface area contributed by atoms with E-state index in [2.05, 4.69) is 5.32 Å². The average molecular weight is 178 g/mol. The van der Waals surface area contributed by atoms with E-state index in [0.717, 1.165) is 23.9 Å². The lowest BCUT2D eigenvalue weighted by atomic mass is 10.0. The molecule has 0 aromatic rings. The molecule has 0 amide bonds. The van der Waals surface area contributed by atoms with Crippen molar-refractivity contribution in [2.75, 3.05) is 6.54 Å². The minimum Gasteiger partial charge on any atom is -0.315 e. The summed E-state index contributed by atoms with van der Waals surface area (Å²) in [5.41, 5.74) is 0. The van der Waals surface area contributed by atoms with Gasteiger partial charge in [-0.3, -0.25) is 0 Å². The lowest BCUT2D eigenvalue weighted by molar-refractivity contribution is -0.0477. The summed E-state index contributed by atoms with van der Waals surface area (Å²) in [6.45, 7) is 3.00. The fraction of sp³-hybridized carbons (Fsp3) is 1.00. The van der Waals surface area contributed by atoms with Crippen LogP contribution >= 0.6 is 12.2 Å². The third kappa shape index (κ3) is 2.31. The van der Waals surface area contributed by atoms with Gasteiger partial charge in [0.25, 0.3) is 0 Å². The molecule has 11 heavy (non-hydrogen) atoms. The minimum atomic E-state index is 0.0266. The molecule has 0 saturated carbocycles. The quantitative estimate of drug-likeness (QED) is 0.334. The van der Waals surface area contributed by atoms with Gasteiger partial charge in [0.15, 0.2) is 0 Å². The third-order valence-electron chi connectivity index (χ3n) is 2.09. The largest absolute Gasteiger partial charge is 0.315 e. The summed E-state index contributed by atoms with van der Waals surface area (Å²) in [5, 5.41) is 12.4. The number of hydrogen-bond donors (Lipinski definition) is 3. The molecule has 1 aliphatic rings. The van der Waals surface area contributed by atoms with Crippen molar-refractivity contribution in [1.29, 1.82) is 0 Å². The number of rotatable bonds is 2. The number of piperidine rings is 1. The Kier molecular flexibility index (Phi) is 3.61. The summed E-state index contributed by atoms with van der Waals surface area (Å²) in [7, 11) is 0. The molecule has 0 aromatic heterocycles. The molecule has 4 nitrogen and oxygen atoms in total. The van der Waals surface area contributed by atoms with Crippen molar-refractivity contribution in [2.24, 2.45) is 0 Å². The van der Waals surface area contributed by atoms with Crippen molar-refractivity contribution in [3.63, 3.8) is 0 Å². The molecule has 66 valence electrons. The Morgan fingerprint density at radius 1 is 1.64 bits per heavy atom. The SMILES string of the molecule is CC1NCCCC1N(O)SO. The molecule has 0 spiro atoms. The van der Waals surface area contributed by atoms with Gasteiger partial charge in [0, 0.05) is 6.04 Å². The van der Waals surface area contributed by atoms with Gasteiger partial charge < -0.3 is 15.1 Å². The highest BCUT2D eigenvalue weighted by Gasteiger charge is 2.26. The molecule has 2 atom stereocenters. The van der Waals surface area contributed by atoms with Crippen molar-refractivity contribution >= 4 is 12.2 Å². The van der Waals surface area contributed by atoms with Crippen molar-refractivity contribution in [3.05, 3.63) is 0 Å². The van der Waals surface area contributed by atoms with Crippen LogP contribution in [0.15, 0.2) is 0 Å². The van der Waals surface area contributed by atoms with Gasteiger partial charge in [0.1, 0.15) is 12.2 Å². The molecule has 1 heterocycles. The topological polar surface area (TPSA) is 55.7 Å². The fourth-order valence-electron chi connectivity index (χ4n) is 1.39. The molecule has 5 heteroatoms. The molecular weight excluding hydrogens is 164 g/mol. The summed E-state index contributed by atoms with van der Waals surface area (Å²) in [4.78, 5) is 0. The van der Waals surface area contributed by atoms with Crippen LogP contribution in [0.1, 0.15) is 19.8 Å². The predicted octanol–water partition coefficient (Wildman–Crippen LogP) is 0.939. The Labute approximate surface area is 70.9 Å². The Hall–Kier alpha value is 0.190.